The molecule has 0 nitrogen and oxygen atoms in total. The van der Waals surface area contributed by atoms with Crippen molar-refractivity contribution < 1.29 is 14.8 Å². The number of benzene rings is 4. The molecule has 0 aliphatic heterocycles. The molecule has 4 aromatic carbocycles. The van der Waals surface area contributed by atoms with E-state index in [4.69, 9.17) is 4.82 Å². The van der Waals surface area contributed by atoms with Crippen LogP contribution in [0.2, 0.25) is 0 Å². The van der Waals surface area contributed by atoms with Gasteiger partial charge in [0.2, 0.25) is 0 Å². The van der Waals surface area contributed by atoms with Gasteiger partial charge in [-0.1, -0.05) is 0 Å². The molecule has 0 saturated carbocycles. The third-order valence-electron chi connectivity index (χ3n) is 8.20. The van der Waals surface area contributed by atoms with E-state index < -0.39 is 14.8 Å². The van der Waals surface area contributed by atoms with Crippen molar-refractivity contribution >= 4 is 4.82 Å². The zero-order chi connectivity index (χ0) is 23.0. The number of fused-ring (bicyclic) bond motifs is 3. The second-order valence-electron chi connectivity index (χ2n) is 10.3. The fourth-order valence-electron chi connectivity index (χ4n) is 6.81. The van der Waals surface area contributed by atoms with Crippen LogP contribution in [0.1, 0.15) is 32.9 Å². The van der Waals surface area contributed by atoms with Crippen LogP contribution in [0, 0.1) is 0 Å². The molecule has 0 spiro atoms. The van der Waals surface area contributed by atoms with Gasteiger partial charge in [0.25, 0.3) is 0 Å². The Bertz CT molecular complexity index is 1380. The Morgan fingerprint density at radius 3 is 1.56 bits per heavy atom. The molecule has 0 amide bonds. The first-order valence-corrected chi connectivity index (χ1v) is 17.3. The van der Waals surface area contributed by atoms with Gasteiger partial charge in [0.15, 0.2) is 0 Å². The molecule has 0 bridgehead atoms. The molecule has 6 rings (SSSR count). The zero-order valence-electron chi connectivity index (χ0n) is 19.5. The molecule has 0 aromatic heterocycles. The van der Waals surface area contributed by atoms with Crippen molar-refractivity contribution in [2.75, 3.05) is 0 Å². The average molecular weight is 474 g/mol. The van der Waals surface area contributed by atoms with Crippen LogP contribution in [0.25, 0.3) is 11.1 Å². The Balaban J connectivity index is 1.68. The summed E-state index contributed by atoms with van der Waals surface area (Å²) in [5, 5.41) is 0. The number of hydrogen-bond acceptors (Lipinski definition) is 0. The van der Waals surface area contributed by atoms with E-state index in [2.05, 4.69) is 127 Å². The quantitative estimate of drug-likeness (QED) is 0.248. The molecule has 0 saturated heterocycles. The summed E-state index contributed by atoms with van der Waals surface area (Å²) in [5.41, 5.74) is 8.59. The van der Waals surface area contributed by atoms with Gasteiger partial charge in [0, 0.05) is 0 Å². The molecule has 0 fully saturated rings. The zero-order valence-corrected chi connectivity index (χ0v) is 21.1. The summed E-state index contributed by atoms with van der Waals surface area (Å²) in [6, 6.07) is 40.5. The van der Waals surface area contributed by atoms with E-state index in [9.17, 15) is 0 Å². The van der Waals surface area contributed by atoms with Crippen LogP contribution in [-0.4, -0.2) is 4.82 Å². The predicted molar refractivity (Wildman–Crippen MR) is 143 cm³/mol. The average Bonchev–Trinajstić information content (AvgIpc) is 3.53. The van der Waals surface area contributed by atoms with E-state index in [-0.39, 0.29) is 0 Å². The van der Waals surface area contributed by atoms with Crippen LogP contribution in [0.4, 0.5) is 0 Å². The van der Waals surface area contributed by atoms with E-state index in [0.29, 0.717) is 4.22 Å². The van der Waals surface area contributed by atoms with Gasteiger partial charge in [0.05, 0.1) is 0 Å². The summed E-state index contributed by atoms with van der Waals surface area (Å²) in [5.74, 6) is 0. The fourth-order valence-corrected chi connectivity index (χ4v) is 18.1. The third-order valence-corrected chi connectivity index (χ3v) is 18.8. The molecular formula is C33H30Ti. The molecule has 1 heteroatoms. The first kappa shape index (κ1) is 21.5. The molecule has 2 aliphatic rings. The van der Waals surface area contributed by atoms with Crippen molar-refractivity contribution in [3.63, 3.8) is 0 Å². The summed E-state index contributed by atoms with van der Waals surface area (Å²) in [4.78, 5) is 5.54. The van der Waals surface area contributed by atoms with Gasteiger partial charge in [-0.05, 0) is 0 Å². The Labute approximate surface area is 203 Å². The van der Waals surface area contributed by atoms with Crippen molar-refractivity contribution in [1.29, 1.82) is 0 Å². The van der Waals surface area contributed by atoms with Crippen LogP contribution in [0.5, 0.6) is 0 Å². The number of hydrogen-bond donors (Lipinski definition) is 0. The Morgan fingerprint density at radius 2 is 1.09 bits per heavy atom. The van der Waals surface area contributed by atoms with Crippen LogP contribution in [0.3, 0.4) is 0 Å². The molecule has 0 N–H and O–H groups in total. The maximum absolute atomic E-state index is 5.54. The van der Waals surface area contributed by atoms with Gasteiger partial charge in [-0.2, -0.15) is 0 Å². The van der Waals surface area contributed by atoms with Crippen LogP contribution in [0.15, 0.2) is 131 Å². The maximum atomic E-state index is 5.54. The van der Waals surface area contributed by atoms with Crippen molar-refractivity contribution in [2.45, 2.75) is 20.1 Å². The molecular weight excluding hydrogens is 444 g/mol. The van der Waals surface area contributed by atoms with Gasteiger partial charge < -0.3 is 0 Å². The molecule has 0 unspecified atom stereocenters. The van der Waals surface area contributed by atoms with Gasteiger partial charge >= 0.3 is 204 Å². The normalized spacial score (nSPS) is 15.1. The van der Waals surface area contributed by atoms with Crippen LogP contribution >= 0.6 is 0 Å². The predicted octanol–water partition coefficient (Wildman–Crippen LogP) is 8.12. The molecule has 2 aliphatic carbocycles. The first-order valence-electron chi connectivity index (χ1n) is 12.3. The Kier molecular flexibility index (Phi) is 5.25. The Hall–Kier alpha value is -3.06. The minimum atomic E-state index is -3.86. The van der Waals surface area contributed by atoms with Crippen LogP contribution < -0.4 is 0 Å². The molecule has 0 atom stereocenters. The molecule has 0 heterocycles. The number of rotatable bonds is 6. The van der Waals surface area contributed by atoms with E-state index in [1.54, 1.807) is 3.88 Å². The molecule has 4 aromatic rings. The topological polar surface area (TPSA) is 0 Å². The van der Waals surface area contributed by atoms with Gasteiger partial charge in [0.1, 0.15) is 0 Å². The van der Waals surface area contributed by atoms with Crippen molar-refractivity contribution in [3.8, 4) is 11.1 Å². The summed E-state index contributed by atoms with van der Waals surface area (Å²) >= 11 is -3.86. The third kappa shape index (κ3) is 3.37. The van der Waals surface area contributed by atoms with Gasteiger partial charge in [-0.3, -0.25) is 0 Å². The molecule has 34 heavy (non-hydrogen) atoms. The molecule has 0 radical (unpaired) electrons. The second-order valence-corrected chi connectivity index (χ2v) is 19.7. The van der Waals surface area contributed by atoms with E-state index in [0.717, 1.165) is 15.9 Å². The summed E-state index contributed by atoms with van der Waals surface area (Å²) < 4.78 is 4.08. The number of allylic oxidation sites excluding steroid dienone is 4. The fraction of sp³-hybridized carbons (Fsp3) is 0.121. The molecule has 166 valence electrons. The summed E-state index contributed by atoms with van der Waals surface area (Å²) in [6.07, 6.45) is 8.07. The minimum absolute atomic E-state index is 0.343. The van der Waals surface area contributed by atoms with E-state index in [1.807, 2.05) is 0 Å². The van der Waals surface area contributed by atoms with E-state index in [1.165, 1.54) is 33.4 Å². The van der Waals surface area contributed by atoms with Crippen molar-refractivity contribution in [3.05, 3.63) is 154 Å². The summed E-state index contributed by atoms with van der Waals surface area (Å²) in [6.45, 7) is 0. The van der Waals surface area contributed by atoms with E-state index >= 15 is 0 Å². The standard InChI is InChI=1S/C13H9.2C7H7.C5H5.CH2.Ti/c1-3-7-12-10(5-1)9-11-6-2-4-8-13(11)12;2*1-7-5-3-2-4-6-7;1-2-4-5-3-1;;/h1-9H;2*2-6H,1H2;1-3H,4H2;1H2;. The monoisotopic (exact) mass is 474 g/mol. The van der Waals surface area contributed by atoms with Gasteiger partial charge in [-0.25, -0.2) is 0 Å². The van der Waals surface area contributed by atoms with Crippen molar-refractivity contribution in [1.82, 2.24) is 0 Å². The first-order chi connectivity index (χ1) is 16.7. The summed E-state index contributed by atoms with van der Waals surface area (Å²) in [7, 11) is 0. The van der Waals surface area contributed by atoms with Crippen LogP contribution in [-0.2, 0) is 24.3 Å². The second kappa shape index (κ2) is 8.31. The van der Waals surface area contributed by atoms with Gasteiger partial charge in [-0.15, -0.1) is 0 Å². The SMILES string of the molecule is [CH2]=[Ti]([CH2]c1ccccc1)([CH2]c1ccccc1)([C]1=CC=CC1)[CH]1c2ccccc2-c2ccccc21. The van der Waals surface area contributed by atoms with Crippen molar-refractivity contribution in [2.24, 2.45) is 0 Å². The Morgan fingerprint density at radius 1 is 0.618 bits per heavy atom.